The van der Waals surface area contributed by atoms with Crippen LogP contribution in [-0.4, -0.2) is 4.98 Å². The topological polar surface area (TPSA) is 51.5 Å². The summed E-state index contributed by atoms with van der Waals surface area (Å²) in [4.78, 5) is 15.3. The molecule has 2 aromatic carbocycles. The van der Waals surface area contributed by atoms with Crippen LogP contribution in [0.15, 0.2) is 47.6 Å². The van der Waals surface area contributed by atoms with Gasteiger partial charge in [-0.05, 0) is 36.4 Å². The summed E-state index contributed by atoms with van der Waals surface area (Å²) in [6, 6.07) is 12.7. The summed E-state index contributed by atoms with van der Waals surface area (Å²) >= 11 is 12.3. The minimum Gasteiger partial charge on any atom is -0.487 e. The first-order chi connectivity index (χ1) is 11.1. The molecule has 0 atom stereocenters. The Hall–Kier alpha value is -2.17. The Morgan fingerprint density at radius 3 is 2.74 bits per heavy atom. The second kappa shape index (κ2) is 6.52. The van der Waals surface area contributed by atoms with Gasteiger partial charge in [-0.15, -0.1) is 4.91 Å². The van der Waals surface area contributed by atoms with E-state index >= 15 is 0 Å². The number of hydrogen-bond acceptors (Lipinski definition) is 4. The highest BCUT2D eigenvalue weighted by Crippen LogP contribution is 2.34. The van der Waals surface area contributed by atoms with E-state index in [1.165, 1.54) is 6.07 Å². The number of halogens is 2. The Bertz CT molecular complexity index is 897. The van der Waals surface area contributed by atoms with Crippen LogP contribution in [0.4, 0.5) is 5.69 Å². The second-order valence-electron chi connectivity index (χ2n) is 5.02. The number of hydrogen-bond donors (Lipinski definition) is 0. The highest BCUT2D eigenvalue weighted by atomic mass is 35.5. The Morgan fingerprint density at radius 2 is 1.96 bits per heavy atom. The number of nitrogens with zero attached hydrogens (tertiary/aromatic N) is 2. The van der Waals surface area contributed by atoms with E-state index in [0.29, 0.717) is 16.3 Å². The Morgan fingerprint density at radius 1 is 1.13 bits per heavy atom. The standard InChI is InChI=1S/C17H12Cl2N2O2/c1-10-5-6-11-3-2-4-15(17(11)20-10)23-9-12-13(18)7-8-14(21-22)16(12)19/h2-8H,9H2,1H3. The van der Waals surface area contributed by atoms with Crippen LogP contribution in [0.3, 0.4) is 0 Å². The second-order valence-corrected chi connectivity index (χ2v) is 5.80. The number of fused-ring (bicyclic) bond motifs is 1. The van der Waals surface area contributed by atoms with Crippen molar-refractivity contribution in [3.8, 4) is 5.75 Å². The number of ether oxygens (including phenoxy) is 1. The molecule has 0 aliphatic heterocycles. The van der Waals surface area contributed by atoms with E-state index in [9.17, 15) is 4.91 Å². The van der Waals surface area contributed by atoms with Gasteiger partial charge in [0.1, 0.15) is 23.6 Å². The van der Waals surface area contributed by atoms with Crippen LogP contribution < -0.4 is 4.74 Å². The number of rotatable bonds is 4. The van der Waals surface area contributed by atoms with Gasteiger partial charge in [0.2, 0.25) is 0 Å². The molecule has 0 aliphatic carbocycles. The Kier molecular flexibility index (Phi) is 4.46. The number of nitroso groups, excluding NO2 is 1. The molecule has 116 valence electrons. The van der Waals surface area contributed by atoms with Crippen LogP contribution in [0.1, 0.15) is 11.3 Å². The molecule has 0 radical (unpaired) electrons. The lowest BCUT2D eigenvalue weighted by Crippen LogP contribution is -1.99. The Balaban J connectivity index is 1.96. The van der Waals surface area contributed by atoms with Crippen molar-refractivity contribution in [1.29, 1.82) is 0 Å². The van der Waals surface area contributed by atoms with Crippen molar-refractivity contribution in [2.45, 2.75) is 13.5 Å². The predicted octanol–water partition coefficient (Wildman–Crippen LogP) is 5.83. The molecular formula is C17H12Cl2N2O2. The van der Waals surface area contributed by atoms with Gasteiger partial charge >= 0.3 is 0 Å². The van der Waals surface area contributed by atoms with Crippen molar-refractivity contribution in [2.75, 3.05) is 0 Å². The zero-order chi connectivity index (χ0) is 16.4. The first-order valence-electron chi connectivity index (χ1n) is 6.89. The maximum Gasteiger partial charge on any atom is 0.146 e. The van der Waals surface area contributed by atoms with E-state index in [1.807, 2.05) is 37.3 Å². The molecule has 0 N–H and O–H groups in total. The van der Waals surface area contributed by atoms with Gasteiger partial charge in [0.25, 0.3) is 0 Å². The average Bonchev–Trinajstić information content (AvgIpc) is 2.55. The molecule has 0 saturated carbocycles. The van der Waals surface area contributed by atoms with Crippen molar-refractivity contribution in [3.63, 3.8) is 0 Å². The van der Waals surface area contributed by atoms with Gasteiger partial charge in [0, 0.05) is 21.7 Å². The minimum absolute atomic E-state index is 0.121. The van der Waals surface area contributed by atoms with Crippen LogP contribution in [0, 0.1) is 11.8 Å². The smallest absolute Gasteiger partial charge is 0.146 e. The van der Waals surface area contributed by atoms with Gasteiger partial charge in [-0.1, -0.05) is 41.4 Å². The zero-order valence-electron chi connectivity index (χ0n) is 12.2. The van der Waals surface area contributed by atoms with Crippen LogP contribution in [0.25, 0.3) is 10.9 Å². The van der Waals surface area contributed by atoms with Gasteiger partial charge < -0.3 is 4.74 Å². The highest BCUT2D eigenvalue weighted by molar-refractivity contribution is 6.37. The number of para-hydroxylation sites is 1. The quantitative estimate of drug-likeness (QED) is 0.558. The number of pyridine rings is 1. The molecule has 0 spiro atoms. The lowest BCUT2D eigenvalue weighted by molar-refractivity contribution is 0.309. The van der Waals surface area contributed by atoms with Crippen LogP contribution in [0.5, 0.6) is 5.75 Å². The van der Waals surface area contributed by atoms with E-state index < -0.39 is 0 Å². The maximum atomic E-state index is 10.7. The molecule has 0 fully saturated rings. The van der Waals surface area contributed by atoms with E-state index in [-0.39, 0.29) is 17.3 Å². The highest BCUT2D eigenvalue weighted by Gasteiger charge is 2.13. The SMILES string of the molecule is Cc1ccc2cccc(OCc3c(Cl)ccc(N=O)c3Cl)c2n1. The number of benzene rings is 2. The molecule has 0 saturated heterocycles. The van der Waals surface area contributed by atoms with Crippen molar-refractivity contribution in [2.24, 2.45) is 5.18 Å². The molecule has 0 aliphatic rings. The largest absolute Gasteiger partial charge is 0.487 e. The molecule has 4 nitrogen and oxygen atoms in total. The molecule has 0 amide bonds. The summed E-state index contributed by atoms with van der Waals surface area (Å²) in [6.07, 6.45) is 0. The first-order valence-corrected chi connectivity index (χ1v) is 7.65. The van der Waals surface area contributed by atoms with E-state index in [1.54, 1.807) is 6.07 Å². The van der Waals surface area contributed by atoms with E-state index in [0.717, 1.165) is 16.6 Å². The minimum atomic E-state index is 0.121. The molecule has 1 heterocycles. The maximum absolute atomic E-state index is 10.7. The third-order valence-electron chi connectivity index (χ3n) is 3.46. The molecular weight excluding hydrogens is 335 g/mol. The van der Waals surface area contributed by atoms with Gasteiger partial charge in [0.15, 0.2) is 0 Å². The lowest BCUT2D eigenvalue weighted by Gasteiger charge is -2.12. The molecule has 3 rings (SSSR count). The van der Waals surface area contributed by atoms with Crippen molar-refractivity contribution in [3.05, 3.63) is 68.7 Å². The zero-order valence-corrected chi connectivity index (χ0v) is 13.7. The van der Waals surface area contributed by atoms with Crippen LogP contribution in [0.2, 0.25) is 10.0 Å². The third kappa shape index (κ3) is 3.14. The summed E-state index contributed by atoms with van der Waals surface area (Å²) in [5, 5.41) is 4.49. The summed E-state index contributed by atoms with van der Waals surface area (Å²) < 4.78 is 5.85. The summed E-state index contributed by atoms with van der Waals surface area (Å²) in [7, 11) is 0. The molecule has 23 heavy (non-hydrogen) atoms. The predicted molar refractivity (Wildman–Crippen MR) is 92.7 cm³/mol. The molecule has 0 unspecified atom stereocenters. The fraction of sp³-hybridized carbons (Fsp3) is 0.118. The number of aryl methyl sites for hydroxylation is 1. The van der Waals surface area contributed by atoms with E-state index in [4.69, 9.17) is 27.9 Å². The Labute approximate surface area is 143 Å². The normalized spacial score (nSPS) is 10.7. The first kappa shape index (κ1) is 15.7. The molecule has 6 heteroatoms. The van der Waals surface area contributed by atoms with Crippen molar-refractivity contribution < 1.29 is 4.74 Å². The molecule has 1 aromatic heterocycles. The van der Waals surface area contributed by atoms with Gasteiger partial charge in [-0.25, -0.2) is 4.98 Å². The summed E-state index contributed by atoms with van der Waals surface area (Å²) in [5.74, 6) is 0.628. The number of aromatic nitrogens is 1. The van der Waals surface area contributed by atoms with Crippen molar-refractivity contribution in [1.82, 2.24) is 4.98 Å². The third-order valence-corrected chi connectivity index (χ3v) is 4.23. The van der Waals surface area contributed by atoms with Gasteiger partial charge in [-0.3, -0.25) is 0 Å². The molecule has 0 bridgehead atoms. The average molecular weight is 347 g/mol. The van der Waals surface area contributed by atoms with Crippen molar-refractivity contribution >= 4 is 39.8 Å². The monoisotopic (exact) mass is 346 g/mol. The van der Waals surface area contributed by atoms with Crippen LogP contribution in [-0.2, 0) is 6.61 Å². The lowest BCUT2D eigenvalue weighted by atomic mass is 10.2. The summed E-state index contributed by atoms with van der Waals surface area (Å²) in [6.45, 7) is 2.04. The van der Waals surface area contributed by atoms with Gasteiger partial charge in [0.05, 0.1) is 5.02 Å². The molecule has 3 aromatic rings. The van der Waals surface area contributed by atoms with Crippen LogP contribution >= 0.6 is 23.2 Å². The fourth-order valence-corrected chi connectivity index (χ4v) is 2.79. The van der Waals surface area contributed by atoms with E-state index in [2.05, 4.69) is 10.2 Å². The van der Waals surface area contributed by atoms with Gasteiger partial charge in [-0.2, -0.15) is 0 Å². The summed E-state index contributed by atoms with van der Waals surface area (Å²) in [5.41, 5.74) is 2.33. The fourth-order valence-electron chi connectivity index (χ4n) is 2.27.